The summed E-state index contributed by atoms with van der Waals surface area (Å²) in [6, 6.07) is 13.1. The van der Waals surface area contributed by atoms with Gasteiger partial charge in [-0.05, 0) is 36.8 Å². The lowest BCUT2D eigenvalue weighted by atomic mass is 10.1. The molecule has 0 fully saturated rings. The van der Waals surface area contributed by atoms with E-state index >= 15 is 0 Å². The summed E-state index contributed by atoms with van der Waals surface area (Å²) in [4.78, 5) is 23.2. The number of rotatable bonds is 6. The Balaban J connectivity index is 1.81. The molecule has 0 aromatic heterocycles. The highest BCUT2D eigenvalue weighted by molar-refractivity contribution is 7.99. The lowest BCUT2D eigenvalue weighted by Crippen LogP contribution is -2.14. The van der Waals surface area contributed by atoms with Gasteiger partial charge in [0.05, 0.1) is 5.75 Å². The summed E-state index contributed by atoms with van der Waals surface area (Å²) in [7, 11) is 0. The van der Waals surface area contributed by atoms with E-state index in [-0.39, 0.29) is 17.5 Å². The van der Waals surface area contributed by atoms with Crippen molar-refractivity contribution < 1.29 is 14.0 Å². The van der Waals surface area contributed by atoms with Crippen molar-refractivity contribution in [2.24, 2.45) is 0 Å². The third-order valence-electron chi connectivity index (χ3n) is 2.97. The van der Waals surface area contributed by atoms with Gasteiger partial charge in [0.2, 0.25) is 5.91 Å². The van der Waals surface area contributed by atoms with Crippen LogP contribution < -0.4 is 5.32 Å². The molecule has 0 spiro atoms. The van der Waals surface area contributed by atoms with Gasteiger partial charge in [0.25, 0.3) is 0 Å². The van der Waals surface area contributed by atoms with Crippen molar-refractivity contribution in [1.82, 2.24) is 0 Å². The van der Waals surface area contributed by atoms with Gasteiger partial charge in [-0.3, -0.25) is 9.59 Å². The number of benzene rings is 2. The number of nitrogens with one attached hydrogen (secondary N) is 1. The van der Waals surface area contributed by atoms with Crippen LogP contribution in [-0.2, 0) is 10.5 Å². The molecule has 22 heavy (non-hydrogen) atoms. The summed E-state index contributed by atoms with van der Waals surface area (Å²) in [5.41, 5.74) is 2.15. The molecule has 2 rings (SSSR count). The summed E-state index contributed by atoms with van der Waals surface area (Å²) >= 11 is 1.45. The third-order valence-corrected chi connectivity index (χ3v) is 3.97. The molecule has 1 amide bonds. The van der Waals surface area contributed by atoms with Crippen LogP contribution in [0.1, 0.15) is 22.8 Å². The highest BCUT2D eigenvalue weighted by Gasteiger charge is 2.05. The standard InChI is InChI=1S/C17H16FNO2S/c1-12(20)14-3-2-4-16(9-14)19-17(21)11-22-10-13-5-7-15(18)8-6-13/h2-9H,10-11H2,1H3,(H,19,21). The fourth-order valence-electron chi connectivity index (χ4n) is 1.86. The first-order chi connectivity index (χ1) is 10.5. The van der Waals surface area contributed by atoms with Gasteiger partial charge in [-0.1, -0.05) is 24.3 Å². The quantitative estimate of drug-likeness (QED) is 0.822. The van der Waals surface area contributed by atoms with Crippen LogP contribution in [0.5, 0.6) is 0 Å². The van der Waals surface area contributed by atoms with Gasteiger partial charge in [-0.15, -0.1) is 11.8 Å². The summed E-state index contributed by atoms with van der Waals surface area (Å²) in [5, 5.41) is 2.76. The van der Waals surface area contributed by atoms with Crippen LogP contribution in [0.25, 0.3) is 0 Å². The Hall–Kier alpha value is -2.14. The second kappa shape index (κ2) is 7.75. The first-order valence-electron chi connectivity index (χ1n) is 6.77. The van der Waals surface area contributed by atoms with Crippen molar-refractivity contribution >= 4 is 29.1 Å². The molecule has 2 aromatic carbocycles. The molecule has 0 aliphatic rings. The van der Waals surface area contributed by atoms with Gasteiger partial charge in [0.15, 0.2) is 5.78 Å². The van der Waals surface area contributed by atoms with E-state index in [4.69, 9.17) is 0 Å². The molecule has 0 saturated heterocycles. The van der Waals surface area contributed by atoms with Gasteiger partial charge in [-0.2, -0.15) is 0 Å². The summed E-state index contributed by atoms with van der Waals surface area (Å²) in [6.07, 6.45) is 0. The first kappa shape index (κ1) is 16.2. The average molecular weight is 317 g/mol. The van der Waals surface area contributed by atoms with E-state index in [1.807, 2.05) is 0 Å². The van der Waals surface area contributed by atoms with Crippen LogP contribution in [0.2, 0.25) is 0 Å². The Morgan fingerprint density at radius 3 is 2.55 bits per heavy atom. The van der Waals surface area contributed by atoms with E-state index in [9.17, 15) is 14.0 Å². The number of Topliss-reactive ketones (excluding diaryl/α,β-unsaturated/α-hetero) is 1. The number of halogens is 1. The van der Waals surface area contributed by atoms with Gasteiger partial charge in [-0.25, -0.2) is 4.39 Å². The maximum absolute atomic E-state index is 12.8. The number of hydrogen-bond acceptors (Lipinski definition) is 3. The molecule has 114 valence electrons. The number of carbonyl (C=O) groups excluding carboxylic acids is 2. The van der Waals surface area contributed by atoms with Crippen LogP contribution in [0.15, 0.2) is 48.5 Å². The Morgan fingerprint density at radius 2 is 1.86 bits per heavy atom. The Kier molecular flexibility index (Phi) is 5.72. The molecule has 0 unspecified atom stereocenters. The fourth-order valence-corrected chi connectivity index (χ4v) is 2.64. The second-order valence-electron chi connectivity index (χ2n) is 4.80. The molecule has 3 nitrogen and oxygen atoms in total. The molecule has 5 heteroatoms. The first-order valence-corrected chi connectivity index (χ1v) is 7.93. The van der Waals surface area contributed by atoms with Crippen molar-refractivity contribution in [1.29, 1.82) is 0 Å². The minimum atomic E-state index is -0.267. The normalized spacial score (nSPS) is 10.3. The Morgan fingerprint density at radius 1 is 1.14 bits per heavy atom. The van der Waals surface area contributed by atoms with Crippen LogP contribution >= 0.6 is 11.8 Å². The zero-order valence-corrected chi connectivity index (χ0v) is 13.0. The average Bonchev–Trinajstić information content (AvgIpc) is 2.49. The number of amides is 1. The van der Waals surface area contributed by atoms with Crippen molar-refractivity contribution in [2.75, 3.05) is 11.1 Å². The van der Waals surface area contributed by atoms with Crippen LogP contribution in [0, 0.1) is 5.82 Å². The Bertz CT molecular complexity index is 671. The number of ketones is 1. The Labute approximate surface area is 132 Å². The fraction of sp³-hybridized carbons (Fsp3) is 0.176. The molecule has 1 N–H and O–H groups in total. The van der Waals surface area contributed by atoms with E-state index in [1.54, 1.807) is 36.4 Å². The van der Waals surface area contributed by atoms with Crippen LogP contribution in [0.3, 0.4) is 0 Å². The predicted octanol–water partition coefficient (Wildman–Crippen LogP) is 3.90. The molecule has 0 radical (unpaired) electrons. The summed E-state index contributed by atoms with van der Waals surface area (Å²) in [6.45, 7) is 1.49. The molecule has 0 bridgehead atoms. The second-order valence-corrected chi connectivity index (χ2v) is 5.79. The number of carbonyl (C=O) groups is 2. The van der Waals surface area contributed by atoms with Crippen molar-refractivity contribution in [3.05, 3.63) is 65.5 Å². The zero-order valence-electron chi connectivity index (χ0n) is 12.1. The number of hydrogen-bond donors (Lipinski definition) is 1. The maximum atomic E-state index is 12.8. The lowest BCUT2D eigenvalue weighted by molar-refractivity contribution is -0.113. The molecule has 2 aromatic rings. The predicted molar refractivity (Wildman–Crippen MR) is 87.6 cm³/mol. The monoisotopic (exact) mass is 317 g/mol. The van der Waals surface area contributed by atoms with E-state index < -0.39 is 0 Å². The maximum Gasteiger partial charge on any atom is 0.234 e. The van der Waals surface area contributed by atoms with Crippen LogP contribution in [0.4, 0.5) is 10.1 Å². The largest absolute Gasteiger partial charge is 0.325 e. The zero-order chi connectivity index (χ0) is 15.9. The van der Waals surface area contributed by atoms with Gasteiger partial charge >= 0.3 is 0 Å². The molecule has 0 atom stereocenters. The van der Waals surface area contributed by atoms with E-state index in [2.05, 4.69) is 5.32 Å². The lowest BCUT2D eigenvalue weighted by Gasteiger charge is -2.06. The van der Waals surface area contributed by atoms with Gasteiger partial charge in [0.1, 0.15) is 5.82 Å². The SMILES string of the molecule is CC(=O)c1cccc(NC(=O)CSCc2ccc(F)cc2)c1. The van der Waals surface area contributed by atoms with Crippen LogP contribution in [-0.4, -0.2) is 17.4 Å². The molecule has 0 saturated carbocycles. The third kappa shape index (κ3) is 5.00. The smallest absolute Gasteiger partial charge is 0.234 e. The summed E-state index contributed by atoms with van der Waals surface area (Å²) < 4.78 is 12.8. The van der Waals surface area contributed by atoms with Crippen molar-refractivity contribution in [2.45, 2.75) is 12.7 Å². The van der Waals surface area contributed by atoms with E-state index in [0.29, 0.717) is 22.8 Å². The molecule has 0 aliphatic carbocycles. The van der Waals surface area contributed by atoms with Gasteiger partial charge in [0, 0.05) is 17.0 Å². The highest BCUT2D eigenvalue weighted by atomic mass is 32.2. The molecular weight excluding hydrogens is 301 g/mol. The molecule has 0 aliphatic heterocycles. The summed E-state index contributed by atoms with van der Waals surface area (Å²) in [5.74, 6) is 0.495. The number of anilines is 1. The number of thioether (sulfide) groups is 1. The van der Waals surface area contributed by atoms with Crippen molar-refractivity contribution in [3.63, 3.8) is 0 Å². The van der Waals surface area contributed by atoms with Gasteiger partial charge < -0.3 is 5.32 Å². The molecule has 0 heterocycles. The minimum absolute atomic E-state index is 0.0400. The van der Waals surface area contributed by atoms with Crippen molar-refractivity contribution in [3.8, 4) is 0 Å². The highest BCUT2D eigenvalue weighted by Crippen LogP contribution is 2.15. The topological polar surface area (TPSA) is 46.2 Å². The van der Waals surface area contributed by atoms with E-state index in [0.717, 1.165) is 5.56 Å². The van der Waals surface area contributed by atoms with E-state index in [1.165, 1.54) is 30.8 Å². The molecular formula is C17H16FNO2S. The minimum Gasteiger partial charge on any atom is -0.325 e.